The van der Waals surface area contributed by atoms with Gasteiger partial charge < -0.3 is 14.2 Å². The molecule has 2 aromatic carbocycles. The van der Waals surface area contributed by atoms with E-state index in [4.69, 9.17) is 14.2 Å². The van der Waals surface area contributed by atoms with Crippen LogP contribution in [0.2, 0.25) is 0 Å². The van der Waals surface area contributed by atoms with E-state index in [-0.39, 0.29) is 30.7 Å². The van der Waals surface area contributed by atoms with E-state index >= 15 is 0 Å². The molecule has 0 aliphatic carbocycles. The number of ketones is 1. The fourth-order valence-corrected chi connectivity index (χ4v) is 4.51. The van der Waals surface area contributed by atoms with Gasteiger partial charge in [0.25, 0.3) is 0 Å². The second kappa shape index (κ2) is 13.4. The molecule has 0 spiro atoms. The van der Waals surface area contributed by atoms with Gasteiger partial charge in [-0.1, -0.05) is 79.9 Å². The van der Waals surface area contributed by atoms with Crippen molar-refractivity contribution in [3.8, 4) is 0 Å². The van der Waals surface area contributed by atoms with Crippen LogP contribution in [-0.2, 0) is 25.4 Å². The second-order valence-corrected chi connectivity index (χ2v) is 10.4. The van der Waals surface area contributed by atoms with Gasteiger partial charge in [-0.2, -0.15) is 4.98 Å². The van der Waals surface area contributed by atoms with Crippen molar-refractivity contribution in [1.29, 1.82) is 0 Å². The van der Waals surface area contributed by atoms with Crippen LogP contribution in [0, 0.1) is 5.41 Å². The van der Waals surface area contributed by atoms with Crippen molar-refractivity contribution >= 4 is 11.8 Å². The summed E-state index contributed by atoms with van der Waals surface area (Å²) < 4.78 is 18.1. The molecule has 0 bridgehead atoms. The molecular weight excluding hydrogens is 496 g/mol. The van der Waals surface area contributed by atoms with E-state index in [9.17, 15) is 14.4 Å². The molecule has 3 aromatic rings. The monoisotopic (exact) mass is 532 g/mol. The summed E-state index contributed by atoms with van der Waals surface area (Å²) in [4.78, 5) is 41.8. The summed E-state index contributed by atoms with van der Waals surface area (Å²) in [6.45, 7) is 3.81. The Morgan fingerprint density at radius 1 is 0.974 bits per heavy atom. The number of unbranched alkanes of at least 4 members (excludes halogenated alkanes) is 3. The molecule has 1 aromatic heterocycles. The average molecular weight is 533 g/mol. The maximum atomic E-state index is 12.7. The zero-order valence-corrected chi connectivity index (χ0v) is 22.6. The molecular formula is C31H36N2O6. The smallest absolute Gasteiger partial charge is 0.350 e. The number of benzene rings is 2. The highest BCUT2D eigenvalue weighted by Gasteiger charge is 2.33. The molecule has 0 radical (unpaired) electrons. The van der Waals surface area contributed by atoms with E-state index < -0.39 is 23.6 Å². The van der Waals surface area contributed by atoms with Crippen LogP contribution < -0.4 is 5.69 Å². The van der Waals surface area contributed by atoms with Crippen LogP contribution in [0.4, 0.5) is 0 Å². The molecule has 1 saturated heterocycles. The quantitative estimate of drug-likeness (QED) is 0.171. The number of hydrogen-bond acceptors (Lipinski definition) is 7. The summed E-state index contributed by atoms with van der Waals surface area (Å²) in [7, 11) is 0. The Kier molecular flexibility index (Phi) is 9.79. The minimum absolute atomic E-state index is 0.0604. The highest BCUT2D eigenvalue weighted by Crippen LogP contribution is 2.27. The third-order valence-electron chi connectivity index (χ3n) is 6.91. The van der Waals surface area contributed by atoms with Crippen LogP contribution in [-0.4, -0.2) is 40.8 Å². The molecule has 206 valence electrons. The van der Waals surface area contributed by atoms with Crippen LogP contribution in [0.25, 0.3) is 0 Å². The van der Waals surface area contributed by atoms with Crippen LogP contribution in [0.5, 0.6) is 0 Å². The first kappa shape index (κ1) is 28.4. The number of esters is 1. The van der Waals surface area contributed by atoms with Gasteiger partial charge in [0, 0.05) is 11.8 Å². The standard InChI is InChI=1S/C31H36N2O6/c1-31(2,19-12-4-3-7-13-23-14-8-5-9-15-23)29(35)38-22-27-37-21-26(39-27)33-20-18-25(32-30(33)36)28(34)24-16-10-6-11-17-24/h5-6,8-11,14-18,20,26-27H,3-4,7,12-13,19,21-22H2,1-2H3/t26-,27-/m0/s1. The van der Waals surface area contributed by atoms with Crippen molar-refractivity contribution in [3.05, 3.63) is 100 Å². The Balaban J connectivity index is 1.18. The zero-order chi connectivity index (χ0) is 27.7. The lowest BCUT2D eigenvalue weighted by Crippen LogP contribution is -2.31. The normalized spacial score (nSPS) is 17.2. The number of aromatic nitrogens is 2. The maximum absolute atomic E-state index is 12.7. The number of nitrogens with zero attached hydrogens (tertiary/aromatic N) is 2. The molecule has 0 amide bonds. The lowest BCUT2D eigenvalue weighted by atomic mass is 9.87. The van der Waals surface area contributed by atoms with Crippen LogP contribution in [0.1, 0.15) is 73.8 Å². The van der Waals surface area contributed by atoms with E-state index in [1.165, 1.54) is 22.4 Å². The van der Waals surface area contributed by atoms with Crippen molar-refractivity contribution in [1.82, 2.24) is 9.55 Å². The predicted octanol–water partition coefficient (Wildman–Crippen LogP) is 5.11. The lowest BCUT2D eigenvalue weighted by molar-refractivity contribution is -0.168. The first-order chi connectivity index (χ1) is 18.8. The third kappa shape index (κ3) is 7.94. The first-order valence-corrected chi connectivity index (χ1v) is 13.5. The maximum Gasteiger partial charge on any atom is 0.350 e. The summed E-state index contributed by atoms with van der Waals surface area (Å²) >= 11 is 0. The molecule has 39 heavy (non-hydrogen) atoms. The molecule has 1 fully saturated rings. The van der Waals surface area contributed by atoms with Crippen molar-refractivity contribution in [2.24, 2.45) is 5.41 Å². The van der Waals surface area contributed by atoms with Gasteiger partial charge >= 0.3 is 11.7 Å². The third-order valence-corrected chi connectivity index (χ3v) is 6.91. The minimum atomic E-state index is -0.787. The fraction of sp³-hybridized carbons (Fsp3) is 0.419. The molecule has 0 saturated carbocycles. The van der Waals surface area contributed by atoms with Crippen LogP contribution in [0.3, 0.4) is 0 Å². The summed E-state index contributed by atoms with van der Waals surface area (Å²) in [5.41, 5.74) is 0.643. The lowest BCUT2D eigenvalue weighted by Gasteiger charge is -2.23. The zero-order valence-electron chi connectivity index (χ0n) is 22.6. The largest absolute Gasteiger partial charge is 0.460 e. The molecule has 8 nitrogen and oxygen atoms in total. The SMILES string of the molecule is CC(C)(CCCCCCc1ccccc1)C(=O)OC[C@H]1OC[C@@H](n2ccc(C(=O)c3ccccc3)nc2=O)O1. The van der Waals surface area contributed by atoms with Gasteiger partial charge in [0.1, 0.15) is 12.3 Å². The number of carbonyl (C=O) groups is 2. The average Bonchev–Trinajstić information content (AvgIpc) is 3.42. The Morgan fingerprint density at radius 2 is 1.67 bits per heavy atom. The van der Waals surface area contributed by atoms with E-state index in [1.54, 1.807) is 24.3 Å². The van der Waals surface area contributed by atoms with Crippen molar-refractivity contribution in [2.75, 3.05) is 13.2 Å². The fourth-order valence-electron chi connectivity index (χ4n) is 4.51. The highest BCUT2D eigenvalue weighted by atomic mass is 16.7. The molecule has 0 N–H and O–H groups in total. The van der Waals surface area contributed by atoms with Gasteiger partial charge in [0.05, 0.1) is 12.0 Å². The number of ether oxygens (including phenoxy) is 3. The van der Waals surface area contributed by atoms with E-state index in [0.29, 0.717) is 5.56 Å². The van der Waals surface area contributed by atoms with Crippen LogP contribution >= 0.6 is 0 Å². The van der Waals surface area contributed by atoms with Gasteiger partial charge in [-0.05, 0) is 44.7 Å². The topological polar surface area (TPSA) is 96.7 Å². The Hall–Kier alpha value is -3.62. The minimum Gasteiger partial charge on any atom is -0.460 e. The predicted molar refractivity (Wildman–Crippen MR) is 146 cm³/mol. The summed E-state index contributed by atoms with van der Waals surface area (Å²) in [6, 6.07) is 20.6. The van der Waals surface area contributed by atoms with Crippen molar-refractivity contribution in [3.63, 3.8) is 0 Å². The van der Waals surface area contributed by atoms with Gasteiger partial charge in [-0.15, -0.1) is 0 Å². The van der Waals surface area contributed by atoms with Gasteiger partial charge in [0.15, 0.2) is 12.5 Å². The molecule has 4 rings (SSSR count). The van der Waals surface area contributed by atoms with E-state index in [0.717, 1.165) is 38.5 Å². The number of aryl methyl sites for hydroxylation is 1. The first-order valence-electron chi connectivity index (χ1n) is 13.5. The van der Waals surface area contributed by atoms with E-state index in [2.05, 4.69) is 29.2 Å². The van der Waals surface area contributed by atoms with Crippen molar-refractivity contribution < 1.29 is 23.8 Å². The number of rotatable bonds is 13. The molecule has 2 atom stereocenters. The Bertz CT molecular complexity index is 1290. The van der Waals surface area contributed by atoms with E-state index in [1.807, 2.05) is 26.0 Å². The number of carbonyl (C=O) groups excluding carboxylic acids is 2. The number of hydrogen-bond donors (Lipinski definition) is 0. The molecule has 0 unspecified atom stereocenters. The molecule has 2 heterocycles. The van der Waals surface area contributed by atoms with Crippen molar-refractivity contribution in [2.45, 2.75) is 64.9 Å². The molecule has 1 aliphatic rings. The Labute approximate surface area is 228 Å². The summed E-state index contributed by atoms with van der Waals surface area (Å²) in [6.07, 6.45) is 6.05. The van der Waals surface area contributed by atoms with Gasteiger partial charge in [-0.3, -0.25) is 14.2 Å². The Morgan fingerprint density at radius 3 is 2.38 bits per heavy atom. The van der Waals surface area contributed by atoms with Crippen LogP contribution in [0.15, 0.2) is 77.7 Å². The molecule has 8 heteroatoms. The van der Waals surface area contributed by atoms with Gasteiger partial charge in [-0.25, -0.2) is 4.79 Å². The second-order valence-electron chi connectivity index (χ2n) is 10.4. The summed E-state index contributed by atoms with van der Waals surface area (Å²) in [5, 5.41) is 0. The van der Waals surface area contributed by atoms with Gasteiger partial charge in [0.2, 0.25) is 5.78 Å². The summed E-state index contributed by atoms with van der Waals surface area (Å²) in [5.74, 6) is -0.631. The highest BCUT2D eigenvalue weighted by molar-refractivity contribution is 6.07. The molecule has 1 aliphatic heterocycles.